The topological polar surface area (TPSA) is 61.4 Å². The predicted octanol–water partition coefficient (Wildman–Crippen LogP) is 3.13. The molecule has 0 aliphatic carbocycles. The van der Waals surface area contributed by atoms with E-state index in [4.69, 9.17) is 11.6 Å². The Morgan fingerprint density at radius 2 is 1.79 bits per heavy atom. The Bertz CT molecular complexity index is 886. The third-order valence-corrected chi connectivity index (χ3v) is 5.20. The van der Waals surface area contributed by atoms with Crippen LogP contribution in [0.2, 0.25) is 5.02 Å². The van der Waals surface area contributed by atoms with E-state index in [9.17, 15) is 18.4 Å². The predicted molar refractivity (Wildman–Crippen MR) is 107 cm³/mol. The van der Waals surface area contributed by atoms with Crippen molar-refractivity contribution in [3.8, 4) is 0 Å². The van der Waals surface area contributed by atoms with Crippen molar-refractivity contribution in [2.45, 2.75) is 25.4 Å². The number of hydrogen-bond acceptors (Lipinski definition) is 3. The average molecular weight is 422 g/mol. The molecule has 0 saturated carbocycles. The van der Waals surface area contributed by atoms with Crippen LogP contribution in [-0.4, -0.2) is 42.4 Å². The fourth-order valence-corrected chi connectivity index (χ4v) is 3.53. The second kappa shape index (κ2) is 9.80. The second-order valence-corrected chi connectivity index (χ2v) is 7.44. The average Bonchev–Trinajstić information content (AvgIpc) is 2.71. The third kappa shape index (κ3) is 5.98. The van der Waals surface area contributed by atoms with E-state index >= 15 is 0 Å². The summed E-state index contributed by atoms with van der Waals surface area (Å²) in [6.45, 7) is 1.87. The highest BCUT2D eigenvalue weighted by atomic mass is 35.5. The van der Waals surface area contributed by atoms with Gasteiger partial charge in [0.15, 0.2) is 11.6 Å². The summed E-state index contributed by atoms with van der Waals surface area (Å²) in [5.41, 5.74) is 1.04. The van der Waals surface area contributed by atoms with E-state index in [-0.39, 0.29) is 18.5 Å². The van der Waals surface area contributed by atoms with Crippen LogP contribution in [0.15, 0.2) is 42.5 Å². The number of halogens is 3. The summed E-state index contributed by atoms with van der Waals surface area (Å²) in [7, 11) is 0. The maximum atomic E-state index is 13.3. The van der Waals surface area contributed by atoms with Crippen molar-refractivity contribution in [1.29, 1.82) is 0 Å². The smallest absolute Gasteiger partial charge is 0.253 e. The Kier molecular flexibility index (Phi) is 7.17. The van der Waals surface area contributed by atoms with Gasteiger partial charge in [-0.1, -0.05) is 29.8 Å². The van der Waals surface area contributed by atoms with Crippen LogP contribution in [-0.2, 0) is 11.3 Å². The normalized spacial score (nSPS) is 15.1. The van der Waals surface area contributed by atoms with E-state index in [1.165, 1.54) is 6.07 Å². The summed E-state index contributed by atoms with van der Waals surface area (Å²) in [6, 6.07) is 10.6. The monoisotopic (exact) mass is 421 g/mol. The van der Waals surface area contributed by atoms with E-state index < -0.39 is 17.5 Å². The number of amides is 2. The number of carbonyl (C=O) groups is 2. The maximum absolute atomic E-state index is 13.3. The molecule has 1 saturated heterocycles. The molecule has 2 aromatic carbocycles. The van der Waals surface area contributed by atoms with Crippen LogP contribution >= 0.6 is 11.6 Å². The first-order valence-corrected chi connectivity index (χ1v) is 9.78. The Hall–Kier alpha value is -2.51. The first kappa shape index (κ1) is 21.2. The molecule has 2 amide bonds. The molecule has 0 aromatic heterocycles. The fourth-order valence-electron chi connectivity index (χ4n) is 3.31. The van der Waals surface area contributed by atoms with Gasteiger partial charge in [-0.3, -0.25) is 14.5 Å². The van der Waals surface area contributed by atoms with Gasteiger partial charge in [0.1, 0.15) is 0 Å². The number of carbonyl (C=O) groups excluding carboxylic acids is 2. The van der Waals surface area contributed by atoms with Crippen molar-refractivity contribution in [1.82, 2.24) is 15.5 Å². The molecule has 0 spiro atoms. The minimum absolute atomic E-state index is 0.0147. The van der Waals surface area contributed by atoms with Crippen LogP contribution in [0.1, 0.15) is 28.8 Å². The lowest BCUT2D eigenvalue weighted by Crippen LogP contribution is -2.47. The van der Waals surface area contributed by atoms with E-state index in [0.29, 0.717) is 22.7 Å². The van der Waals surface area contributed by atoms with E-state index in [2.05, 4.69) is 15.5 Å². The van der Waals surface area contributed by atoms with Crippen LogP contribution in [0.25, 0.3) is 0 Å². The summed E-state index contributed by atoms with van der Waals surface area (Å²) < 4.78 is 26.3. The first-order valence-electron chi connectivity index (χ1n) is 9.41. The van der Waals surface area contributed by atoms with Gasteiger partial charge < -0.3 is 10.6 Å². The number of nitrogens with zero attached hydrogens (tertiary/aromatic N) is 1. The summed E-state index contributed by atoms with van der Waals surface area (Å²) in [4.78, 5) is 26.3. The summed E-state index contributed by atoms with van der Waals surface area (Å²) >= 11 is 5.97. The van der Waals surface area contributed by atoms with Gasteiger partial charge >= 0.3 is 0 Å². The number of nitrogens with one attached hydrogen (secondary N) is 2. The Labute approximate surface area is 173 Å². The summed E-state index contributed by atoms with van der Waals surface area (Å²) in [5.74, 6) is -2.35. The molecule has 0 radical (unpaired) electrons. The molecule has 154 valence electrons. The lowest BCUT2D eigenvalue weighted by atomic mass is 10.0. The fraction of sp³-hybridized carbons (Fsp3) is 0.333. The molecule has 2 aromatic rings. The highest BCUT2D eigenvalue weighted by molar-refractivity contribution is 6.33. The molecule has 0 unspecified atom stereocenters. The maximum Gasteiger partial charge on any atom is 0.253 e. The molecule has 1 aliphatic rings. The van der Waals surface area contributed by atoms with Gasteiger partial charge in [-0.05, 0) is 42.7 Å². The Morgan fingerprint density at radius 1 is 1.07 bits per heavy atom. The lowest BCUT2D eigenvalue weighted by molar-refractivity contribution is -0.121. The van der Waals surface area contributed by atoms with Gasteiger partial charge in [-0.15, -0.1) is 0 Å². The van der Waals surface area contributed by atoms with Crippen LogP contribution < -0.4 is 10.6 Å². The van der Waals surface area contributed by atoms with E-state index in [0.717, 1.165) is 32.0 Å². The highest BCUT2D eigenvalue weighted by Gasteiger charge is 2.21. The first-order chi connectivity index (χ1) is 13.9. The largest absolute Gasteiger partial charge is 0.352 e. The standard InChI is InChI=1S/C21H22ClF2N3O2/c22-17-4-2-1-3-16(17)21(29)25-12-20(28)26-15-7-9-27(10-8-15)13-14-5-6-18(23)19(24)11-14/h1-6,11,15H,7-10,12-13H2,(H,25,29)(H,26,28). The Balaban J connectivity index is 1.40. The second-order valence-electron chi connectivity index (χ2n) is 7.03. The SMILES string of the molecule is O=C(CNC(=O)c1ccccc1Cl)NC1CCN(Cc2ccc(F)c(F)c2)CC1. The molecule has 8 heteroatoms. The quantitative estimate of drug-likeness (QED) is 0.753. The number of piperidine rings is 1. The van der Waals surface area contributed by atoms with Gasteiger partial charge in [0.25, 0.3) is 5.91 Å². The van der Waals surface area contributed by atoms with Gasteiger partial charge in [0.05, 0.1) is 17.1 Å². The molecule has 1 fully saturated rings. The summed E-state index contributed by atoms with van der Waals surface area (Å²) in [6.07, 6.45) is 1.49. The zero-order chi connectivity index (χ0) is 20.8. The molecule has 0 bridgehead atoms. The van der Waals surface area contributed by atoms with Crippen LogP contribution in [0.5, 0.6) is 0 Å². The van der Waals surface area contributed by atoms with Gasteiger partial charge in [-0.25, -0.2) is 8.78 Å². The van der Waals surface area contributed by atoms with Crippen molar-refractivity contribution < 1.29 is 18.4 Å². The lowest BCUT2D eigenvalue weighted by Gasteiger charge is -2.32. The molecule has 1 aliphatic heterocycles. The number of benzene rings is 2. The number of rotatable bonds is 6. The zero-order valence-electron chi connectivity index (χ0n) is 15.8. The zero-order valence-corrected chi connectivity index (χ0v) is 16.5. The van der Waals surface area contributed by atoms with Crippen LogP contribution in [0, 0.1) is 11.6 Å². The Morgan fingerprint density at radius 3 is 2.48 bits per heavy atom. The minimum atomic E-state index is -0.850. The van der Waals surface area contributed by atoms with Crippen LogP contribution in [0.3, 0.4) is 0 Å². The van der Waals surface area contributed by atoms with Crippen molar-refractivity contribution in [2.75, 3.05) is 19.6 Å². The molecule has 2 N–H and O–H groups in total. The number of likely N-dealkylation sites (tertiary alicyclic amines) is 1. The van der Waals surface area contributed by atoms with E-state index in [1.54, 1.807) is 30.3 Å². The molecule has 1 heterocycles. The minimum Gasteiger partial charge on any atom is -0.352 e. The van der Waals surface area contributed by atoms with Crippen molar-refractivity contribution >= 4 is 23.4 Å². The van der Waals surface area contributed by atoms with Crippen molar-refractivity contribution in [3.05, 3.63) is 70.2 Å². The van der Waals surface area contributed by atoms with Gasteiger partial charge in [-0.2, -0.15) is 0 Å². The molecular formula is C21H22ClF2N3O2. The summed E-state index contributed by atoms with van der Waals surface area (Å²) in [5, 5.41) is 5.82. The van der Waals surface area contributed by atoms with Gasteiger partial charge in [0.2, 0.25) is 5.91 Å². The van der Waals surface area contributed by atoms with E-state index in [1.807, 2.05) is 0 Å². The molecule has 29 heavy (non-hydrogen) atoms. The third-order valence-electron chi connectivity index (χ3n) is 4.87. The molecule has 3 rings (SSSR count). The molecular weight excluding hydrogens is 400 g/mol. The van der Waals surface area contributed by atoms with Gasteiger partial charge in [0, 0.05) is 25.7 Å². The van der Waals surface area contributed by atoms with Crippen LogP contribution in [0.4, 0.5) is 8.78 Å². The highest BCUT2D eigenvalue weighted by Crippen LogP contribution is 2.16. The van der Waals surface area contributed by atoms with Crippen molar-refractivity contribution in [2.24, 2.45) is 0 Å². The van der Waals surface area contributed by atoms with Crippen molar-refractivity contribution in [3.63, 3.8) is 0 Å². The number of hydrogen-bond donors (Lipinski definition) is 2. The molecule has 0 atom stereocenters. The molecule has 5 nitrogen and oxygen atoms in total.